The van der Waals surface area contributed by atoms with E-state index in [2.05, 4.69) is 15.2 Å². The number of hydrogen-bond donors (Lipinski definition) is 2. The molecular formula is C25H30N4O5. The van der Waals surface area contributed by atoms with Crippen LogP contribution < -0.4 is 10.2 Å². The van der Waals surface area contributed by atoms with Gasteiger partial charge in [-0.15, -0.1) is 0 Å². The smallest absolute Gasteiger partial charge is 0.407 e. The Morgan fingerprint density at radius 3 is 2.68 bits per heavy atom. The van der Waals surface area contributed by atoms with Gasteiger partial charge in [0.15, 0.2) is 0 Å². The Balaban J connectivity index is 1.31. The van der Waals surface area contributed by atoms with Crippen LogP contribution in [-0.4, -0.2) is 65.1 Å². The first kappa shape index (κ1) is 23.7. The average Bonchev–Trinajstić information content (AvgIpc) is 2.75. The fourth-order valence-corrected chi connectivity index (χ4v) is 3.90. The Morgan fingerprint density at radius 1 is 1.15 bits per heavy atom. The number of carbonyl (C=O) groups excluding carboxylic acids is 1. The van der Waals surface area contributed by atoms with E-state index < -0.39 is 17.7 Å². The Labute approximate surface area is 198 Å². The number of nitrogens with zero attached hydrogens (tertiary/aromatic N) is 3. The first-order valence-electron chi connectivity index (χ1n) is 11.5. The summed E-state index contributed by atoms with van der Waals surface area (Å²) in [6.45, 7) is 8.10. The highest BCUT2D eigenvalue weighted by Gasteiger charge is 2.30. The van der Waals surface area contributed by atoms with E-state index in [1.54, 1.807) is 30.6 Å². The molecule has 3 aromatic rings. The van der Waals surface area contributed by atoms with Gasteiger partial charge in [0.1, 0.15) is 11.4 Å². The predicted octanol–water partition coefficient (Wildman–Crippen LogP) is 3.99. The SMILES string of the molecule is CC(C)(C)OC(=O)NCCCCOC1CN(c2nc3cc(C(=O)O)ccc3c3cnccc23)C1. The molecule has 1 fully saturated rings. The lowest BCUT2D eigenvalue weighted by molar-refractivity contribution is 0.0314. The number of carboxylic acid groups (broad SMARTS) is 1. The molecule has 1 aliphatic heterocycles. The second-order valence-electron chi connectivity index (χ2n) is 9.43. The number of fused-ring (bicyclic) bond motifs is 3. The number of carboxylic acids is 1. The van der Waals surface area contributed by atoms with Crippen molar-refractivity contribution in [1.29, 1.82) is 0 Å². The fraction of sp³-hybridized carbons (Fsp3) is 0.440. The molecule has 0 saturated carbocycles. The summed E-state index contributed by atoms with van der Waals surface area (Å²) in [7, 11) is 0. The lowest BCUT2D eigenvalue weighted by Crippen LogP contribution is -2.52. The van der Waals surface area contributed by atoms with Crippen LogP contribution in [0, 0.1) is 0 Å². The number of alkyl carbamates (subject to hydrolysis) is 1. The molecule has 1 amide bonds. The van der Waals surface area contributed by atoms with E-state index in [9.17, 15) is 14.7 Å². The van der Waals surface area contributed by atoms with Crippen LogP contribution >= 0.6 is 0 Å². The Bertz CT molecular complexity index is 1200. The number of hydrogen-bond acceptors (Lipinski definition) is 7. The molecule has 0 spiro atoms. The van der Waals surface area contributed by atoms with Crippen LogP contribution in [0.15, 0.2) is 36.7 Å². The Hall–Kier alpha value is -3.46. The van der Waals surface area contributed by atoms with Crippen molar-refractivity contribution >= 4 is 39.6 Å². The quantitative estimate of drug-likeness (QED) is 0.378. The number of ether oxygens (including phenoxy) is 2. The normalized spacial score (nSPS) is 14.3. The number of aromatic nitrogens is 2. The van der Waals surface area contributed by atoms with Crippen LogP contribution in [0.5, 0.6) is 0 Å². The van der Waals surface area contributed by atoms with Crippen LogP contribution in [0.1, 0.15) is 44.0 Å². The van der Waals surface area contributed by atoms with Gasteiger partial charge in [-0.3, -0.25) is 4.98 Å². The minimum atomic E-state index is -0.977. The lowest BCUT2D eigenvalue weighted by Gasteiger charge is -2.40. The fourth-order valence-electron chi connectivity index (χ4n) is 3.90. The van der Waals surface area contributed by atoms with Gasteiger partial charge in [0.25, 0.3) is 0 Å². The molecule has 0 aliphatic carbocycles. The van der Waals surface area contributed by atoms with Crippen molar-refractivity contribution in [2.24, 2.45) is 0 Å². The van der Waals surface area contributed by atoms with Crippen molar-refractivity contribution < 1.29 is 24.2 Å². The minimum Gasteiger partial charge on any atom is -0.478 e. The summed E-state index contributed by atoms with van der Waals surface area (Å²) in [6.07, 6.45) is 4.90. The zero-order chi connectivity index (χ0) is 24.3. The largest absolute Gasteiger partial charge is 0.478 e. The van der Waals surface area contributed by atoms with E-state index in [0.717, 1.165) is 34.8 Å². The molecule has 34 heavy (non-hydrogen) atoms. The van der Waals surface area contributed by atoms with Gasteiger partial charge >= 0.3 is 12.1 Å². The highest BCUT2D eigenvalue weighted by atomic mass is 16.6. The first-order valence-corrected chi connectivity index (χ1v) is 11.5. The molecule has 0 radical (unpaired) electrons. The monoisotopic (exact) mass is 466 g/mol. The van der Waals surface area contributed by atoms with Crippen LogP contribution in [0.2, 0.25) is 0 Å². The number of amides is 1. The van der Waals surface area contributed by atoms with Crippen LogP contribution in [0.3, 0.4) is 0 Å². The third-order valence-electron chi connectivity index (χ3n) is 5.56. The second-order valence-corrected chi connectivity index (χ2v) is 9.43. The number of nitrogens with one attached hydrogen (secondary N) is 1. The number of rotatable bonds is 8. The molecule has 1 aromatic carbocycles. The van der Waals surface area contributed by atoms with Gasteiger partial charge in [0, 0.05) is 54.8 Å². The van der Waals surface area contributed by atoms with Crippen molar-refractivity contribution in [2.45, 2.75) is 45.3 Å². The summed E-state index contributed by atoms with van der Waals surface area (Å²) in [6, 6.07) is 6.93. The van der Waals surface area contributed by atoms with Crippen molar-refractivity contribution in [3.63, 3.8) is 0 Å². The van der Waals surface area contributed by atoms with Crippen LogP contribution in [0.4, 0.5) is 10.6 Å². The summed E-state index contributed by atoms with van der Waals surface area (Å²) in [5, 5.41) is 14.9. The number of pyridine rings is 2. The van der Waals surface area contributed by atoms with E-state index in [-0.39, 0.29) is 11.7 Å². The molecular weight excluding hydrogens is 436 g/mol. The van der Waals surface area contributed by atoms with E-state index >= 15 is 0 Å². The number of anilines is 1. The van der Waals surface area contributed by atoms with Gasteiger partial charge < -0.3 is 24.8 Å². The summed E-state index contributed by atoms with van der Waals surface area (Å²) in [5.74, 6) is -0.163. The molecule has 1 aliphatic rings. The molecule has 9 nitrogen and oxygen atoms in total. The van der Waals surface area contributed by atoms with E-state index in [1.165, 1.54) is 0 Å². The molecule has 0 bridgehead atoms. The maximum Gasteiger partial charge on any atom is 0.407 e. The highest BCUT2D eigenvalue weighted by Crippen LogP contribution is 2.33. The first-order chi connectivity index (χ1) is 16.2. The summed E-state index contributed by atoms with van der Waals surface area (Å²) in [5.41, 5.74) is 0.348. The molecule has 0 unspecified atom stereocenters. The van der Waals surface area contributed by atoms with Crippen molar-refractivity contribution in [3.05, 3.63) is 42.2 Å². The number of carbonyl (C=O) groups is 2. The van der Waals surface area contributed by atoms with E-state index in [4.69, 9.17) is 14.5 Å². The highest BCUT2D eigenvalue weighted by molar-refractivity contribution is 6.11. The predicted molar refractivity (Wildman–Crippen MR) is 129 cm³/mol. The minimum absolute atomic E-state index is 0.110. The molecule has 2 aromatic heterocycles. The van der Waals surface area contributed by atoms with Crippen molar-refractivity contribution in [3.8, 4) is 0 Å². The standard InChI is InChI=1S/C25H30N4O5/c1-25(2,3)34-24(32)27-9-4-5-11-33-17-14-29(15-17)22-19-8-10-26-13-20(19)18-7-6-16(23(30)31)12-21(18)28-22/h6-8,10,12-13,17H,4-5,9,11,14-15H2,1-3H3,(H,27,32)(H,30,31). The number of aromatic carboxylic acids is 1. The maximum absolute atomic E-state index is 11.6. The van der Waals surface area contributed by atoms with Crippen LogP contribution in [-0.2, 0) is 9.47 Å². The molecule has 4 rings (SSSR count). The van der Waals surface area contributed by atoms with Gasteiger partial charge in [-0.2, -0.15) is 0 Å². The number of benzene rings is 1. The van der Waals surface area contributed by atoms with Crippen LogP contribution in [0.25, 0.3) is 21.7 Å². The van der Waals surface area contributed by atoms with Crippen molar-refractivity contribution in [2.75, 3.05) is 31.1 Å². The van der Waals surface area contributed by atoms with E-state index in [1.807, 2.05) is 26.8 Å². The Kier molecular flexibility index (Phi) is 6.83. The van der Waals surface area contributed by atoms with Crippen molar-refractivity contribution in [1.82, 2.24) is 15.3 Å². The molecule has 180 valence electrons. The second kappa shape index (κ2) is 9.80. The van der Waals surface area contributed by atoms with Gasteiger partial charge in [-0.05, 0) is 51.8 Å². The molecule has 1 saturated heterocycles. The lowest BCUT2D eigenvalue weighted by atomic mass is 10.0. The average molecular weight is 467 g/mol. The number of unbranched alkanes of at least 4 members (excludes halogenated alkanes) is 1. The maximum atomic E-state index is 11.6. The zero-order valence-corrected chi connectivity index (χ0v) is 19.7. The molecule has 2 N–H and O–H groups in total. The Morgan fingerprint density at radius 2 is 1.94 bits per heavy atom. The summed E-state index contributed by atoms with van der Waals surface area (Å²) >= 11 is 0. The third-order valence-corrected chi connectivity index (χ3v) is 5.56. The van der Waals surface area contributed by atoms with Gasteiger partial charge in [0.2, 0.25) is 0 Å². The molecule has 3 heterocycles. The zero-order valence-electron chi connectivity index (χ0n) is 19.7. The van der Waals surface area contributed by atoms with E-state index in [0.29, 0.717) is 31.8 Å². The summed E-state index contributed by atoms with van der Waals surface area (Å²) in [4.78, 5) is 34.2. The summed E-state index contributed by atoms with van der Waals surface area (Å²) < 4.78 is 11.2. The third kappa shape index (κ3) is 5.53. The topological polar surface area (TPSA) is 114 Å². The van der Waals surface area contributed by atoms with Gasteiger partial charge in [-0.1, -0.05) is 6.07 Å². The molecule has 0 atom stereocenters. The molecule has 9 heteroatoms. The van der Waals surface area contributed by atoms with Gasteiger partial charge in [0.05, 0.1) is 17.2 Å². The van der Waals surface area contributed by atoms with Gasteiger partial charge in [-0.25, -0.2) is 14.6 Å².